The molecule has 0 saturated carbocycles. The Morgan fingerprint density at radius 1 is 1.09 bits per heavy atom. The standard InChI is InChI=1S/C16H16F3N3O/c17-16(18,19)12-3-5-13(6-4-12)23-15-14(21-8-9-22-15)11-2-1-7-20-10-11/h3-6,8-9,11,20H,1-2,7,10H2. The van der Waals surface area contributed by atoms with Crippen LogP contribution in [0.2, 0.25) is 0 Å². The normalized spacial score (nSPS) is 18.7. The van der Waals surface area contributed by atoms with Crippen LogP contribution in [-0.2, 0) is 6.18 Å². The van der Waals surface area contributed by atoms with Gasteiger partial charge in [-0.15, -0.1) is 0 Å². The van der Waals surface area contributed by atoms with Crippen molar-refractivity contribution in [2.24, 2.45) is 0 Å². The highest BCUT2D eigenvalue weighted by molar-refractivity contribution is 5.33. The first-order chi connectivity index (χ1) is 11.0. The van der Waals surface area contributed by atoms with Crippen molar-refractivity contribution in [3.05, 3.63) is 47.9 Å². The van der Waals surface area contributed by atoms with Crippen molar-refractivity contribution in [2.45, 2.75) is 24.9 Å². The van der Waals surface area contributed by atoms with Gasteiger partial charge in [0.25, 0.3) is 0 Å². The van der Waals surface area contributed by atoms with Crippen LogP contribution in [0.1, 0.15) is 30.0 Å². The third-order valence-corrected chi connectivity index (χ3v) is 3.77. The predicted octanol–water partition coefficient (Wildman–Crippen LogP) is 3.75. The number of piperidine rings is 1. The molecule has 122 valence electrons. The lowest BCUT2D eigenvalue weighted by molar-refractivity contribution is -0.137. The Hall–Kier alpha value is -2.15. The average Bonchev–Trinajstić information content (AvgIpc) is 2.56. The summed E-state index contributed by atoms with van der Waals surface area (Å²) in [6.45, 7) is 1.77. The summed E-state index contributed by atoms with van der Waals surface area (Å²) < 4.78 is 43.4. The average molecular weight is 323 g/mol. The number of halogens is 3. The van der Waals surface area contributed by atoms with Crippen molar-refractivity contribution in [1.82, 2.24) is 15.3 Å². The third-order valence-electron chi connectivity index (χ3n) is 3.77. The van der Waals surface area contributed by atoms with Gasteiger partial charge in [0.2, 0.25) is 5.88 Å². The van der Waals surface area contributed by atoms with E-state index in [2.05, 4.69) is 15.3 Å². The first kappa shape index (κ1) is 15.7. The number of ether oxygens (including phenoxy) is 1. The summed E-state index contributed by atoms with van der Waals surface area (Å²) in [6, 6.07) is 4.57. The van der Waals surface area contributed by atoms with E-state index in [-0.39, 0.29) is 5.92 Å². The molecule has 1 N–H and O–H groups in total. The van der Waals surface area contributed by atoms with E-state index in [1.54, 1.807) is 6.20 Å². The van der Waals surface area contributed by atoms with E-state index < -0.39 is 11.7 Å². The van der Waals surface area contributed by atoms with E-state index >= 15 is 0 Å². The van der Waals surface area contributed by atoms with Gasteiger partial charge in [-0.25, -0.2) is 4.98 Å². The number of nitrogens with zero attached hydrogens (tertiary/aromatic N) is 2. The number of hydrogen-bond donors (Lipinski definition) is 1. The van der Waals surface area contributed by atoms with Gasteiger partial charge in [0.1, 0.15) is 11.4 Å². The number of nitrogens with one attached hydrogen (secondary N) is 1. The minimum Gasteiger partial charge on any atom is -0.437 e. The quantitative estimate of drug-likeness (QED) is 0.934. The zero-order valence-electron chi connectivity index (χ0n) is 12.3. The molecule has 1 aromatic carbocycles. The van der Waals surface area contributed by atoms with Crippen LogP contribution in [0.4, 0.5) is 13.2 Å². The number of benzene rings is 1. The molecule has 7 heteroatoms. The van der Waals surface area contributed by atoms with Crippen molar-refractivity contribution in [3.8, 4) is 11.6 Å². The predicted molar refractivity (Wildman–Crippen MR) is 78.4 cm³/mol. The van der Waals surface area contributed by atoms with E-state index in [9.17, 15) is 13.2 Å². The molecule has 2 heterocycles. The molecule has 1 aromatic heterocycles. The van der Waals surface area contributed by atoms with Crippen molar-refractivity contribution < 1.29 is 17.9 Å². The molecule has 0 radical (unpaired) electrons. The molecule has 1 aliphatic rings. The van der Waals surface area contributed by atoms with Crippen molar-refractivity contribution in [1.29, 1.82) is 0 Å². The lowest BCUT2D eigenvalue weighted by atomic mass is 9.96. The van der Waals surface area contributed by atoms with E-state index in [1.807, 2.05) is 0 Å². The fraction of sp³-hybridized carbons (Fsp3) is 0.375. The summed E-state index contributed by atoms with van der Waals surface area (Å²) in [5.41, 5.74) is 0.0281. The Labute approximate surface area is 131 Å². The summed E-state index contributed by atoms with van der Waals surface area (Å²) in [5, 5.41) is 3.30. The third kappa shape index (κ3) is 3.79. The van der Waals surface area contributed by atoms with Crippen LogP contribution in [0.5, 0.6) is 11.6 Å². The molecule has 1 aliphatic heterocycles. The van der Waals surface area contributed by atoms with Crippen LogP contribution in [0, 0.1) is 0 Å². The van der Waals surface area contributed by atoms with E-state index in [4.69, 9.17) is 4.74 Å². The molecule has 1 unspecified atom stereocenters. The fourth-order valence-electron chi connectivity index (χ4n) is 2.60. The number of hydrogen-bond acceptors (Lipinski definition) is 4. The van der Waals surface area contributed by atoms with E-state index in [1.165, 1.54) is 18.3 Å². The van der Waals surface area contributed by atoms with Gasteiger partial charge in [0, 0.05) is 24.9 Å². The number of alkyl halides is 3. The van der Waals surface area contributed by atoms with E-state index in [0.717, 1.165) is 43.8 Å². The van der Waals surface area contributed by atoms with Gasteiger partial charge in [-0.05, 0) is 43.7 Å². The van der Waals surface area contributed by atoms with Gasteiger partial charge in [-0.1, -0.05) is 0 Å². The van der Waals surface area contributed by atoms with E-state index in [0.29, 0.717) is 11.6 Å². The zero-order chi connectivity index (χ0) is 16.3. The largest absolute Gasteiger partial charge is 0.437 e. The second-order valence-corrected chi connectivity index (χ2v) is 5.41. The topological polar surface area (TPSA) is 47.0 Å². The highest BCUT2D eigenvalue weighted by Crippen LogP contribution is 2.33. The molecule has 0 bridgehead atoms. The monoisotopic (exact) mass is 323 g/mol. The van der Waals surface area contributed by atoms with Crippen LogP contribution in [0.15, 0.2) is 36.7 Å². The summed E-state index contributed by atoms with van der Waals surface area (Å²) in [7, 11) is 0. The maximum absolute atomic E-state index is 12.6. The lowest BCUT2D eigenvalue weighted by Crippen LogP contribution is -2.29. The molecular weight excluding hydrogens is 307 g/mol. The van der Waals surface area contributed by atoms with Crippen LogP contribution >= 0.6 is 0 Å². The van der Waals surface area contributed by atoms with Crippen molar-refractivity contribution in [2.75, 3.05) is 13.1 Å². The van der Waals surface area contributed by atoms with Crippen molar-refractivity contribution in [3.63, 3.8) is 0 Å². The Balaban J connectivity index is 1.80. The SMILES string of the molecule is FC(F)(F)c1ccc(Oc2nccnc2C2CCCNC2)cc1. The van der Waals surface area contributed by atoms with Gasteiger partial charge >= 0.3 is 6.18 Å². The lowest BCUT2D eigenvalue weighted by Gasteiger charge is -2.23. The first-order valence-corrected chi connectivity index (χ1v) is 7.41. The molecule has 2 aromatic rings. The first-order valence-electron chi connectivity index (χ1n) is 7.41. The molecule has 3 rings (SSSR count). The fourth-order valence-corrected chi connectivity index (χ4v) is 2.60. The molecule has 0 amide bonds. The van der Waals surface area contributed by atoms with Crippen LogP contribution in [-0.4, -0.2) is 23.1 Å². The second kappa shape index (κ2) is 6.54. The molecule has 1 fully saturated rings. The summed E-state index contributed by atoms with van der Waals surface area (Å²) in [6.07, 6.45) is 0.781. The minimum absolute atomic E-state index is 0.196. The molecule has 1 saturated heterocycles. The summed E-state index contributed by atoms with van der Waals surface area (Å²) >= 11 is 0. The molecule has 23 heavy (non-hydrogen) atoms. The minimum atomic E-state index is -4.36. The van der Waals surface area contributed by atoms with Gasteiger partial charge in [0.05, 0.1) is 5.56 Å². The smallest absolute Gasteiger partial charge is 0.416 e. The summed E-state index contributed by atoms with van der Waals surface area (Å²) in [4.78, 5) is 8.53. The zero-order valence-corrected chi connectivity index (χ0v) is 12.3. The number of rotatable bonds is 3. The maximum Gasteiger partial charge on any atom is 0.416 e. The maximum atomic E-state index is 12.6. The molecule has 0 spiro atoms. The summed E-state index contributed by atoms with van der Waals surface area (Å²) in [5.74, 6) is 0.853. The number of aromatic nitrogens is 2. The van der Waals surface area contributed by atoms with Gasteiger partial charge < -0.3 is 10.1 Å². The highest BCUT2D eigenvalue weighted by atomic mass is 19.4. The van der Waals surface area contributed by atoms with Gasteiger partial charge in [0.15, 0.2) is 0 Å². The molecule has 0 aliphatic carbocycles. The Morgan fingerprint density at radius 3 is 2.48 bits per heavy atom. The Morgan fingerprint density at radius 2 is 1.83 bits per heavy atom. The van der Waals surface area contributed by atoms with Crippen LogP contribution in [0.3, 0.4) is 0 Å². The second-order valence-electron chi connectivity index (χ2n) is 5.41. The Bertz CT molecular complexity index is 652. The Kier molecular flexibility index (Phi) is 4.47. The molecular formula is C16H16F3N3O. The van der Waals surface area contributed by atoms with Crippen molar-refractivity contribution >= 4 is 0 Å². The van der Waals surface area contributed by atoms with Crippen LogP contribution < -0.4 is 10.1 Å². The van der Waals surface area contributed by atoms with Crippen LogP contribution in [0.25, 0.3) is 0 Å². The highest BCUT2D eigenvalue weighted by Gasteiger charge is 2.30. The van der Waals surface area contributed by atoms with Gasteiger partial charge in [-0.2, -0.15) is 13.2 Å². The van der Waals surface area contributed by atoms with Gasteiger partial charge in [-0.3, -0.25) is 4.98 Å². The molecule has 4 nitrogen and oxygen atoms in total. The molecule has 1 atom stereocenters.